The van der Waals surface area contributed by atoms with Crippen LogP contribution in [0.25, 0.3) is 0 Å². The number of aliphatic imine (C=N–C) groups is 2. The molecule has 0 bridgehead atoms. The monoisotopic (exact) mass is 328 g/mol. The second kappa shape index (κ2) is 7.09. The van der Waals surface area contributed by atoms with Gasteiger partial charge in [-0.25, -0.2) is 4.99 Å². The summed E-state index contributed by atoms with van der Waals surface area (Å²) in [4.78, 5) is 18.0. The summed E-state index contributed by atoms with van der Waals surface area (Å²) >= 11 is 0. The largest absolute Gasteiger partial charge is 0.457 e. The van der Waals surface area contributed by atoms with Crippen LogP contribution in [0, 0.1) is 17.0 Å². The van der Waals surface area contributed by atoms with Crippen molar-refractivity contribution < 1.29 is 9.66 Å². The van der Waals surface area contributed by atoms with Gasteiger partial charge >= 0.3 is 0 Å². The van der Waals surface area contributed by atoms with Crippen LogP contribution in [0.15, 0.2) is 52.4 Å². The highest BCUT2D eigenvalue weighted by molar-refractivity contribution is 5.93. The number of non-ortho nitro benzene ring substituents is 1. The van der Waals surface area contributed by atoms with Crippen LogP contribution in [-0.4, -0.2) is 16.8 Å². The Balaban J connectivity index is 2.41. The third-order valence-electron chi connectivity index (χ3n) is 2.80. The number of benzene rings is 2. The molecule has 2 aromatic carbocycles. The van der Waals surface area contributed by atoms with Gasteiger partial charge in [0.05, 0.1) is 16.7 Å². The molecule has 0 aromatic heterocycles. The summed E-state index contributed by atoms with van der Waals surface area (Å²) in [6.45, 7) is 1.91. The molecule has 124 valence electrons. The molecular formula is C15H16N6O3. The first kappa shape index (κ1) is 16.7. The van der Waals surface area contributed by atoms with Gasteiger partial charge in [-0.2, -0.15) is 4.99 Å². The van der Waals surface area contributed by atoms with Gasteiger partial charge in [0, 0.05) is 12.1 Å². The molecule has 0 unspecified atom stereocenters. The first-order valence-electron chi connectivity index (χ1n) is 6.81. The van der Waals surface area contributed by atoms with Crippen molar-refractivity contribution in [2.75, 3.05) is 0 Å². The van der Waals surface area contributed by atoms with E-state index in [-0.39, 0.29) is 29.0 Å². The van der Waals surface area contributed by atoms with E-state index in [0.29, 0.717) is 5.75 Å². The normalized spacial score (nSPS) is 11.0. The molecular weight excluding hydrogens is 312 g/mol. The lowest BCUT2D eigenvalue weighted by Gasteiger charge is -2.07. The summed E-state index contributed by atoms with van der Waals surface area (Å²) in [7, 11) is 0. The zero-order valence-corrected chi connectivity index (χ0v) is 12.8. The maximum absolute atomic E-state index is 11.1. The molecule has 9 nitrogen and oxygen atoms in total. The zero-order chi connectivity index (χ0) is 17.7. The van der Waals surface area contributed by atoms with Crippen molar-refractivity contribution in [1.82, 2.24) is 0 Å². The average Bonchev–Trinajstić information content (AvgIpc) is 2.45. The van der Waals surface area contributed by atoms with Crippen LogP contribution in [-0.2, 0) is 0 Å². The highest BCUT2D eigenvalue weighted by atomic mass is 16.6. The number of nitrogens with zero attached hydrogens (tertiary/aromatic N) is 3. The zero-order valence-electron chi connectivity index (χ0n) is 12.8. The number of nitrogens with two attached hydrogens (primary N) is 3. The van der Waals surface area contributed by atoms with Crippen LogP contribution in [0.2, 0.25) is 0 Å². The fourth-order valence-corrected chi connectivity index (χ4v) is 1.90. The van der Waals surface area contributed by atoms with Gasteiger partial charge in [-0.15, -0.1) is 0 Å². The van der Waals surface area contributed by atoms with Crippen molar-refractivity contribution in [3.05, 3.63) is 58.1 Å². The Kier molecular flexibility index (Phi) is 4.95. The highest BCUT2D eigenvalue weighted by Gasteiger charge is 2.11. The molecule has 0 saturated heterocycles. The first-order valence-corrected chi connectivity index (χ1v) is 6.81. The van der Waals surface area contributed by atoms with E-state index < -0.39 is 4.92 Å². The van der Waals surface area contributed by atoms with Gasteiger partial charge in [0.1, 0.15) is 11.5 Å². The van der Waals surface area contributed by atoms with Crippen LogP contribution in [0.4, 0.5) is 11.4 Å². The predicted octanol–water partition coefficient (Wildman–Crippen LogP) is 1.92. The standard InChI is InChI=1S/C15H16N6O3/c1-9-3-2-4-12(5-9)24-13-7-10(6-11(8-13)21(22)23)19-15(18)20-14(16)17/h2-8H,1H3,(H6,16,17,18,19,20). The molecule has 2 rings (SSSR count). The quantitative estimate of drug-likeness (QED) is 0.337. The fourth-order valence-electron chi connectivity index (χ4n) is 1.90. The van der Waals surface area contributed by atoms with Crippen LogP contribution >= 0.6 is 0 Å². The molecule has 0 aliphatic carbocycles. The van der Waals surface area contributed by atoms with Crippen molar-refractivity contribution in [1.29, 1.82) is 0 Å². The van der Waals surface area contributed by atoms with Gasteiger partial charge in [0.25, 0.3) is 5.69 Å². The van der Waals surface area contributed by atoms with E-state index in [1.807, 2.05) is 19.1 Å². The molecule has 24 heavy (non-hydrogen) atoms. The van der Waals surface area contributed by atoms with Crippen molar-refractivity contribution in [2.24, 2.45) is 27.2 Å². The molecule has 0 radical (unpaired) electrons. The highest BCUT2D eigenvalue weighted by Crippen LogP contribution is 2.31. The van der Waals surface area contributed by atoms with E-state index in [0.717, 1.165) is 5.56 Å². The molecule has 9 heteroatoms. The Hall–Kier alpha value is -3.62. The molecule has 0 amide bonds. The summed E-state index contributed by atoms with van der Waals surface area (Å²) in [5, 5.41) is 11.1. The van der Waals surface area contributed by atoms with Gasteiger partial charge < -0.3 is 21.9 Å². The number of ether oxygens (including phenoxy) is 1. The third kappa shape index (κ3) is 4.70. The lowest BCUT2D eigenvalue weighted by molar-refractivity contribution is -0.384. The Morgan fingerprint density at radius 1 is 1.12 bits per heavy atom. The van der Waals surface area contributed by atoms with E-state index in [4.69, 9.17) is 21.9 Å². The third-order valence-corrected chi connectivity index (χ3v) is 2.80. The maximum atomic E-state index is 11.1. The second-order valence-electron chi connectivity index (χ2n) is 4.87. The molecule has 2 aromatic rings. The van der Waals surface area contributed by atoms with E-state index in [9.17, 15) is 10.1 Å². The van der Waals surface area contributed by atoms with E-state index in [1.165, 1.54) is 18.2 Å². The van der Waals surface area contributed by atoms with Crippen LogP contribution in [0.1, 0.15) is 5.56 Å². The van der Waals surface area contributed by atoms with Crippen molar-refractivity contribution in [3.8, 4) is 11.5 Å². The molecule has 0 saturated carbocycles. The van der Waals surface area contributed by atoms with Crippen LogP contribution < -0.4 is 21.9 Å². The van der Waals surface area contributed by atoms with E-state index >= 15 is 0 Å². The fraction of sp³-hybridized carbons (Fsp3) is 0.0667. The topological polar surface area (TPSA) is 155 Å². The van der Waals surface area contributed by atoms with Gasteiger partial charge in [-0.3, -0.25) is 10.1 Å². The average molecular weight is 328 g/mol. The number of rotatable bonds is 4. The first-order chi connectivity index (χ1) is 11.3. The SMILES string of the molecule is Cc1cccc(Oc2cc(N=C(N)N=C(N)N)cc([N+](=O)[O-])c2)c1. The molecule has 0 fully saturated rings. The summed E-state index contributed by atoms with van der Waals surface area (Å²) < 4.78 is 5.65. The molecule has 0 aliphatic rings. The number of hydrogen-bond acceptors (Lipinski definition) is 4. The van der Waals surface area contributed by atoms with E-state index in [1.54, 1.807) is 12.1 Å². The van der Waals surface area contributed by atoms with Crippen molar-refractivity contribution in [3.63, 3.8) is 0 Å². The number of guanidine groups is 2. The second-order valence-corrected chi connectivity index (χ2v) is 4.87. The summed E-state index contributed by atoms with van der Waals surface area (Å²) in [5.41, 5.74) is 16.9. The predicted molar refractivity (Wildman–Crippen MR) is 91.4 cm³/mol. The summed E-state index contributed by atoms with van der Waals surface area (Å²) in [5.74, 6) is 0.295. The van der Waals surface area contributed by atoms with Gasteiger partial charge in [-0.1, -0.05) is 12.1 Å². The summed E-state index contributed by atoms with van der Waals surface area (Å²) in [6.07, 6.45) is 0. The summed E-state index contributed by atoms with van der Waals surface area (Å²) in [6, 6.07) is 11.3. The minimum absolute atomic E-state index is 0.189. The molecule has 0 aliphatic heterocycles. The van der Waals surface area contributed by atoms with Crippen molar-refractivity contribution in [2.45, 2.75) is 6.92 Å². The minimum atomic E-state index is -0.557. The van der Waals surface area contributed by atoms with Gasteiger partial charge in [0.15, 0.2) is 5.96 Å². The number of aryl methyl sites for hydroxylation is 1. The lowest BCUT2D eigenvalue weighted by atomic mass is 10.2. The van der Waals surface area contributed by atoms with Crippen LogP contribution in [0.5, 0.6) is 11.5 Å². The Morgan fingerprint density at radius 3 is 2.50 bits per heavy atom. The molecule has 6 N–H and O–H groups in total. The Morgan fingerprint density at radius 2 is 1.88 bits per heavy atom. The molecule has 0 atom stereocenters. The van der Waals surface area contributed by atoms with Crippen molar-refractivity contribution >= 4 is 23.3 Å². The van der Waals surface area contributed by atoms with Gasteiger partial charge in [0.2, 0.25) is 5.96 Å². The smallest absolute Gasteiger partial charge is 0.275 e. The minimum Gasteiger partial charge on any atom is -0.457 e. The van der Waals surface area contributed by atoms with E-state index in [2.05, 4.69) is 9.98 Å². The Bertz CT molecular complexity index is 828. The van der Waals surface area contributed by atoms with Gasteiger partial charge in [-0.05, 0) is 24.6 Å². The number of nitro benzene ring substituents is 1. The molecule has 0 heterocycles. The number of hydrogen-bond donors (Lipinski definition) is 3. The Labute approximate surface area is 137 Å². The van der Waals surface area contributed by atoms with Crippen LogP contribution in [0.3, 0.4) is 0 Å². The molecule has 0 spiro atoms. The number of nitro groups is 1. The lowest BCUT2D eigenvalue weighted by Crippen LogP contribution is -2.26. The maximum Gasteiger partial charge on any atom is 0.275 e.